The molecule has 102 valence electrons. The predicted octanol–water partition coefficient (Wildman–Crippen LogP) is 1.73. The minimum Gasteiger partial charge on any atom is -0.390 e. The largest absolute Gasteiger partial charge is 0.390 e. The first-order chi connectivity index (χ1) is 9.08. The lowest BCUT2D eigenvalue weighted by molar-refractivity contribution is 0.0599. The maximum atomic E-state index is 13.3. The van der Waals surface area contributed by atoms with Gasteiger partial charge in [-0.2, -0.15) is 4.98 Å². The van der Waals surface area contributed by atoms with E-state index >= 15 is 0 Å². The Morgan fingerprint density at radius 1 is 1.42 bits per heavy atom. The molecule has 1 N–H and O–H groups in total. The number of aliphatic hydroxyl groups is 1. The molecule has 1 atom stereocenters. The zero-order chi connectivity index (χ0) is 13.8. The summed E-state index contributed by atoms with van der Waals surface area (Å²) >= 11 is 0. The van der Waals surface area contributed by atoms with Gasteiger partial charge in [-0.1, -0.05) is 5.16 Å². The van der Waals surface area contributed by atoms with Gasteiger partial charge in [0.15, 0.2) is 0 Å². The van der Waals surface area contributed by atoms with Gasteiger partial charge in [0.2, 0.25) is 11.7 Å². The number of aromatic nitrogens is 2. The monoisotopic (exact) mass is 266 g/mol. The Bertz CT molecular complexity index is 536. The second-order valence-electron chi connectivity index (χ2n) is 4.34. The van der Waals surface area contributed by atoms with Crippen LogP contribution >= 0.6 is 0 Å². The zero-order valence-electron chi connectivity index (χ0n) is 10.8. The van der Waals surface area contributed by atoms with Crippen molar-refractivity contribution in [1.29, 1.82) is 0 Å². The van der Waals surface area contributed by atoms with E-state index in [1.54, 1.807) is 13.0 Å². The van der Waals surface area contributed by atoms with Gasteiger partial charge in [-0.3, -0.25) is 0 Å². The lowest BCUT2D eigenvalue weighted by Crippen LogP contribution is -2.17. The van der Waals surface area contributed by atoms with Gasteiger partial charge in [-0.25, -0.2) is 4.39 Å². The first-order valence-electron chi connectivity index (χ1n) is 5.85. The van der Waals surface area contributed by atoms with Crippen molar-refractivity contribution in [3.63, 3.8) is 0 Å². The molecule has 1 unspecified atom stereocenters. The summed E-state index contributed by atoms with van der Waals surface area (Å²) in [6.07, 6.45) is -0.498. The number of halogens is 1. The molecule has 2 aromatic rings. The topological polar surface area (TPSA) is 68.4 Å². The van der Waals surface area contributed by atoms with Crippen LogP contribution < -0.4 is 0 Å². The lowest BCUT2D eigenvalue weighted by Gasteiger charge is -2.04. The van der Waals surface area contributed by atoms with Gasteiger partial charge in [-0.15, -0.1) is 0 Å². The van der Waals surface area contributed by atoms with Crippen LogP contribution in [-0.2, 0) is 11.2 Å². The fraction of sp³-hybridized carbons (Fsp3) is 0.385. The summed E-state index contributed by atoms with van der Waals surface area (Å²) in [6.45, 7) is 1.98. The maximum Gasteiger partial charge on any atom is 0.229 e. The number of rotatable bonds is 5. The fourth-order valence-corrected chi connectivity index (χ4v) is 1.77. The highest BCUT2D eigenvalue weighted by Crippen LogP contribution is 2.19. The minimum absolute atomic E-state index is 0.191. The molecule has 0 saturated heterocycles. The molecule has 0 radical (unpaired) electrons. The highest BCUT2D eigenvalue weighted by molar-refractivity contribution is 5.55. The number of methoxy groups -OCH3 is 1. The molecule has 1 heterocycles. The molecule has 0 amide bonds. The molecule has 1 aromatic carbocycles. The van der Waals surface area contributed by atoms with E-state index in [1.165, 1.54) is 19.2 Å². The third-order valence-electron chi connectivity index (χ3n) is 2.54. The molecule has 2 rings (SSSR count). The Balaban J connectivity index is 2.16. The van der Waals surface area contributed by atoms with Crippen molar-refractivity contribution in [1.82, 2.24) is 10.1 Å². The molecule has 0 fully saturated rings. The highest BCUT2D eigenvalue weighted by atomic mass is 19.1. The third-order valence-corrected chi connectivity index (χ3v) is 2.54. The number of aliphatic hydroxyl groups excluding tert-OH is 1. The first-order valence-corrected chi connectivity index (χ1v) is 5.85. The molecule has 0 bridgehead atoms. The number of hydrogen-bond acceptors (Lipinski definition) is 5. The summed E-state index contributed by atoms with van der Waals surface area (Å²) in [5.41, 5.74) is 1.33. The quantitative estimate of drug-likeness (QED) is 0.892. The van der Waals surface area contributed by atoms with Crippen LogP contribution in [-0.4, -0.2) is 35.1 Å². The van der Waals surface area contributed by atoms with Gasteiger partial charge in [-0.05, 0) is 30.7 Å². The summed E-state index contributed by atoms with van der Waals surface area (Å²) in [7, 11) is 1.50. The number of ether oxygens (including phenoxy) is 1. The van der Waals surface area contributed by atoms with Gasteiger partial charge in [0.1, 0.15) is 5.82 Å². The molecule has 0 spiro atoms. The second kappa shape index (κ2) is 5.90. The van der Waals surface area contributed by atoms with Crippen LogP contribution in [0.15, 0.2) is 22.7 Å². The van der Waals surface area contributed by atoms with Crippen molar-refractivity contribution >= 4 is 0 Å². The van der Waals surface area contributed by atoms with Crippen molar-refractivity contribution in [2.45, 2.75) is 19.4 Å². The molecule has 0 aliphatic heterocycles. The van der Waals surface area contributed by atoms with E-state index in [2.05, 4.69) is 10.1 Å². The molecule has 6 heteroatoms. The van der Waals surface area contributed by atoms with Crippen molar-refractivity contribution < 1.29 is 18.8 Å². The van der Waals surface area contributed by atoms with Crippen LogP contribution in [0.25, 0.3) is 11.4 Å². The average molecular weight is 266 g/mol. The van der Waals surface area contributed by atoms with E-state index in [4.69, 9.17) is 9.26 Å². The van der Waals surface area contributed by atoms with Crippen LogP contribution in [0.2, 0.25) is 0 Å². The number of benzene rings is 1. The van der Waals surface area contributed by atoms with Gasteiger partial charge in [0.05, 0.1) is 19.1 Å². The van der Waals surface area contributed by atoms with E-state index in [0.717, 1.165) is 5.56 Å². The van der Waals surface area contributed by atoms with Crippen LogP contribution in [0.1, 0.15) is 11.5 Å². The Kier molecular flexibility index (Phi) is 4.24. The predicted molar refractivity (Wildman–Crippen MR) is 66.0 cm³/mol. The van der Waals surface area contributed by atoms with Crippen molar-refractivity contribution in [2.24, 2.45) is 0 Å². The third kappa shape index (κ3) is 3.59. The Labute approximate surface area is 110 Å². The standard InChI is InChI=1S/C13H15FN2O3/c1-8-3-9(5-10(14)4-8)13-15-12(19-16-13)6-11(17)7-18-2/h3-5,11,17H,6-7H2,1-2H3. The van der Waals surface area contributed by atoms with Crippen molar-refractivity contribution in [3.8, 4) is 11.4 Å². The van der Waals surface area contributed by atoms with E-state index in [1.807, 2.05) is 0 Å². The smallest absolute Gasteiger partial charge is 0.229 e. The number of nitrogens with zero attached hydrogens (tertiary/aromatic N) is 2. The van der Waals surface area contributed by atoms with Crippen molar-refractivity contribution in [2.75, 3.05) is 13.7 Å². The Hall–Kier alpha value is -1.79. The Morgan fingerprint density at radius 3 is 2.89 bits per heavy atom. The van der Waals surface area contributed by atoms with Gasteiger partial charge in [0, 0.05) is 12.7 Å². The van der Waals surface area contributed by atoms with Crippen molar-refractivity contribution in [3.05, 3.63) is 35.5 Å². The van der Waals surface area contributed by atoms with Crippen LogP contribution in [0.4, 0.5) is 4.39 Å². The maximum absolute atomic E-state index is 13.3. The normalized spacial score (nSPS) is 12.6. The van der Waals surface area contributed by atoms with Gasteiger partial charge in [0.25, 0.3) is 0 Å². The molecular formula is C13H15FN2O3. The Morgan fingerprint density at radius 2 is 2.21 bits per heavy atom. The van der Waals surface area contributed by atoms with Crippen LogP contribution in [0.3, 0.4) is 0 Å². The van der Waals surface area contributed by atoms with Crippen LogP contribution in [0, 0.1) is 12.7 Å². The zero-order valence-corrected chi connectivity index (χ0v) is 10.8. The first kappa shape index (κ1) is 13.6. The summed E-state index contributed by atoms with van der Waals surface area (Å²) in [5, 5.41) is 13.3. The van der Waals surface area contributed by atoms with E-state index in [-0.39, 0.29) is 18.8 Å². The molecule has 19 heavy (non-hydrogen) atoms. The fourth-order valence-electron chi connectivity index (χ4n) is 1.77. The molecule has 5 nitrogen and oxygen atoms in total. The lowest BCUT2D eigenvalue weighted by atomic mass is 10.1. The summed E-state index contributed by atoms with van der Waals surface area (Å²) < 4.78 is 23.1. The number of aryl methyl sites for hydroxylation is 1. The summed E-state index contributed by atoms with van der Waals surface area (Å²) in [4.78, 5) is 4.12. The average Bonchev–Trinajstić information content (AvgIpc) is 2.76. The number of hydrogen-bond donors (Lipinski definition) is 1. The SMILES string of the molecule is COCC(O)Cc1nc(-c2cc(C)cc(F)c2)no1. The minimum atomic E-state index is -0.701. The van der Waals surface area contributed by atoms with Gasteiger partial charge < -0.3 is 14.4 Å². The highest BCUT2D eigenvalue weighted by Gasteiger charge is 2.13. The van der Waals surface area contributed by atoms with E-state index in [0.29, 0.717) is 17.3 Å². The molecule has 0 aliphatic carbocycles. The summed E-state index contributed by atoms with van der Waals surface area (Å²) in [6, 6.07) is 4.53. The van der Waals surface area contributed by atoms with Crippen LogP contribution in [0.5, 0.6) is 0 Å². The van der Waals surface area contributed by atoms with E-state index < -0.39 is 6.10 Å². The molecule has 0 saturated carbocycles. The molecule has 0 aliphatic rings. The summed E-state index contributed by atoms with van der Waals surface area (Å²) in [5.74, 6) is 0.254. The van der Waals surface area contributed by atoms with Gasteiger partial charge >= 0.3 is 0 Å². The molecular weight excluding hydrogens is 251 g/mol. The molecule has 1 aromatic heterocycles. The van der Waals surface area contributed by atoms with E-state index in [9.17, 15) is 9.50 Å². The second-order valence-corrected chi connectivity index (χ2v) is 4.34.